The molecule has 12 heteroatoms. The maximum atomic E-state index is 14.7. The quantitative estimate of drug-likeness (QED) is 0.244. The van der Waals surface area contributed by atoms with Crippen LogP contribution in [-0.2, 0) is 9.30 Å². The molecule has 1 saturated heterocycles. The number of phosphoric acid groups is 1. The largest absolute Gasteiger partial charge is 0.466 e. The smallest absolute Gasteiger partial charge is 0.378 e. The summed E-state index contributed by atoms with van der Waals surface area (Å²) in [5.41, 5.74) is 8.96. The second kappa shape index (κ2) is 11.4. The fourth-order valence-electron chi connectivity index (χ4n) is 3.33. The van der Waals surface area contributed by atoms with E-state index in [9.17, 15) is 4.39 Å². The molecule has 2 aromatic carbocycles. The van der Waals surface area contributed by atoms with Crippen molar-refractivity contribution in [3.63, 3.8) is 0 Å². The van der Waals surface area contributed by atoms with E-state index in [4.69, 9.17) is 34.2 Å². The number of hydrogen-bond donors (Lipinski definition) is 4. The van der Waals surface area contributed by atoms with Gasteiger partial charge in [0.05, 0.1) is 18.9 Å². The number of nitrogens with zero attached hydrogens (tertiary/aromatic N) is 3. The van der Waals surface area contributed by atoms with Crippen LogP contribution in [0.5, 0.6) is 0 Å². The SMILES string of the molecule is CC(c1ccc(-c2ccccc2)c(F)c1)c1cc(N=C(N)N2CCOCC2)on1.O=P(O)(O)O. The summed E-state index contributed by atoms with van der Waals surface area (Å²) in [6.07, 6.45) is 0. The fourth-order valence-corrected chi connectivity index (χ4v) is 3.33. The van der Waals surface area contributed by atoms with E-state index in [2.05, 4.69) is 10.1 Å². The van der Waals surface area contributed by atoms with Gasteiger partial charge in [0.15, 0.2) is 5.96 Å². The Bertz CT molecular complexity index is 1150. The van der Waals surface area contributed by atoms with Gasteiger partial charge in [-0.25, -0.2) is 8.96 Å². The monoisotopic (exact) mass is 492 g/mol. The minimum atomic E-state index is -4.64. The van der Waals surface area contributed by atoms with Gasteiger partial charge in [0.25, 0.3) is 5.88 Å². The van der Waals surface area contributed by atoms with Crippen molar-refractivity contribution in [1.29, 1.82) is 0 Å². The van der Waals surface area contributed by atoms with Crippen LogP contribution in [0.25, 0.3) is 11.1 Å². The van der Waals surface area contributed by atoms with Crippen molar-refractivity contribution in [2.24, 2.45) is 10.7 Å². The summed E-state index contributed by atoms with van der Waals surface area (Å²) in [7, 11) is -4.64. The number of guanidine groups is 1. The Hall–Kier alpha value is -3.08. The zero-order chi connectivity index (χ0) is 24.7. The topological polar surface area (TPSA) is 155 Å². The first-order valence-corrected chi connectivity index (χ1v) is 11.9. The molecule has 1 aromatic heterocycles. The number of nitrogens with two attached hydrogens (primary N) is 1. The van der Waals surface area contributed by atoms with E-state index >= 15 is 0 Å². The zero-order valence-electron chi connectivity index (χ0n) is 18.4. The maximum Gasteiger partial charge on any atom is 0.466 e. The van der Waals surface area contributed by atoms with Gasteiger partial charge in [-0.15, -0.1) is 0 Å². The lowest BCUT2D eigenvalue weighted by Crippen LogP contribution is -2.44. The van der Waals surface area contributed by atoms with Gasteiger partial charge in [0.1, 0.15) is 5.82 Å². The Morgan fingerprint density at radius 1 is 1.15 bits per heavy atom. The van der Waals surface area contributed by atoms with Gasteiger partial charge >= 0.3 is 7.82 Å². The predicted molar refractivity (Wildman–Crippen MR) is 124 cm³/mol. The number of aromatic nitrogens is 1. The van der Waals surface area contributed by atoms with E-state index in [0.717, 1.165) is 11.1 Å². The van der Waals surface area contributed by atoms with Crippen LogP contribution in [-0.4, -0.2) is 57.0 Å². The van der Waals surface area contributed by atoms with Crippen LogP contribution in [0.2, 0.25) is 0 Å². The van der Waals surface area contributed by atoms with E-state index in [1.54, 1.807) is 18.2 Å². The standard InChI is InChI=1S/C22H23FN4O2.H3O4P/c1-15(17-7-8-18(19(23)13-17)16-5-3-2-4-6-16)20-14-21(29-26-20)25-22(24)27-9-11-28-12-10-27;1-5(2,3)4/h2-8,13-15H,9-12H2,1H3,(H2,24,25);(H3,1,2,3,4). The summed E-state index contributed by atoms with van der Waals surface area (Å²) in [6.45, 7) is 4.59. The van der Waals surface area contributed by atoms with Crippen LogP contribution in [0.3, 0.4) is 0 Å². The van der Waals surface area contributed by atoms with Gasteiger partial charge in [-0.2, -0.15) is 4.99 Å². The summed E-state index contributed by atoms with van der Waals surface area (Å²) < 4.78 is 34.2. The third-order valence-electron chi connectivity index (χ3n) is 5.10. The van der Waals surface area contributed by atoms with Crippen LogP contribution >= 0.6 is 7.82 Å². The summed E-state index contributed by atoms with van der Waals surface area (Å²) in [6, 6.07) is 16.5. The summed E-state index contributed by atoms with van der Waals surface area (Å²) in [4.78, 5) is 27.8. The average Bonchev–Trinajstić information content (AvgIpc) is 3.27. The Kier molecular flexibility index (Phi) is 8.54. The molecule has 1 aliphatic rings. The first-order valence-electron chi connectivity index (χ1n) is 10.4. The average molecular weight is 492 g/mol. The molecule has 2 heterocycles. The summed E-state index contributed by atoms with van der Waals surface area (Å²) in [5, 5.41) is 4.10. The normalized spacial score (nSPS) is 15.4. The molecule has 0 spiro atoms. The molecule has 0 aliphatic carbocycles. The van der Waals surface area contributed by atoms with Gasteiger partial charge in [-0.05, 0) is 17.2 Å². The molecule has 34 heavy (non-hydrogen) atoms. The first kappa shape index (κ1) is 25.5. The highest BCUT2D eigenvalue weighted by molar-refractivity contribution is 7.45. The maximum absolute atomic E-state index is 14.7. The van der Waals surface area contributed by atoms with Crippen molar-refractivity contribution in [3.8, 4) is 11.1 Å². The van der Waals surface area contributed by atoms with Crippen molar-refractivity contribution in [2.45, 2.75) is 12.8 Å². The zero-order valence-corrected chi connectivity index (χ0v) is 19.3. The Morgan fingerprint density at radius 3 is 2.41 bits per heavy atom. The lowest BCUT2D eigenvalue weighted by Gasteiger charge is -2.27. The highest BCUT2D eigenvalue weighted by atomic mass is 31.2. The van der Waals surface area contributed by atoms with E-state index in [1.807, 2.05) is 48.2 Å². The van der Waals surface area contributed by atoms with Crippen molar-refractivity contribution in [1.82, 2.24) is 10.1 Å². The molecule has 1 aliphatic heterocycles. The predicted octanol–water partition coefficient (Wildman–Crippen LogP) is 2.98. The van der Waals surface area contributed by atoms with Crippen LogP contribution in [0, 0.1) is 5.82 Å². The Balaban J connectivity index is 0.000000588. The second-order valence-electron chi connectivity index (χ2n) is 7.50. The van der Waals surface area contributed by atoms with E-state index < -0.39 is 7.82 Å². The number of aliphatic imine (C=N–C) groups is 1. The summed E-state index contributed by atoms with van der Waals surface area (Å²) >= 11 is 0. The molecule has 1 unspecified atom stereocenters. The minimum absolute atomic E-state index is 0.147. The Labute approximate surface area is 195 Å². The van der Waals surface area contributed by atoms with Crippen LogP contribution in [0.15, 0.2) is 64.1 Å². The van der Waals surface area contributed by atoms with E-state index in [-0.39, 0.29) is 11.7 Å². The van der Waals surface area contributed by atoms with Gasteiger partial charge in [-0.1, -0.05) is 54.5 Å². The molecular formula is C22H26FN4O6P. The molecule has 10 nitrogen and oxygen atoms in total. The number of morpholine rings is 1. The lowest BCUT2D eigenvalue weighted by atomic mass is 9.95. The van der Waals surface area contributed by atoms with Gasteiger partial charge < -0.3 is 34.6 Å². The molecule has 4 rings (SSSR count). The first-order chi connectivity index (χ1) is 16.1. The number of benzene rings is 2. The van der Waals surface area contributed by atoms with Gasteiger partial charge in [0.2, 0.25) is 0 Å². The highest BCUT2D eigenvalue weighted by Crippen LogP contribution is 2.30. The molecule has 182 valence electrons. The van der Waals surface area contributed by atoms with Crippen molar-refractivity contribution >= 4 is 19.7 Å². The van der Waals surface area contributed by atoms with Crippen molar-refractivity contribution in [3.05, 3.63) is 71.7 Å². The van der Waals surface area contributed by atoms with Gasteiger partial charge in [-0.3, -0.25) is 0 Å². The number of ether oxygens (including phenoxy) is 1. The second-order valence-corrected chi connectivity index (χ2v) is 8.53. The number of halogens is 1. The molecule has 0 bridgehead atoms. The molecule has 0 radical (unpaired) electrons. The van der Waals surface area contributed by atoms with Crippen LogP contribution < -0.4 is 5.73 Å². The number of hydrogen-bond acceptors (Lipinski definition) is 5. The summed E-state index contributed by atoms with van der Waals surface area (Å²) in [5.74, 6) is 0.296. The van der Waals surface area contributed by atoms with E-state index in [0.29, 0.717) is 49.4 Å². The van der Waals surface area contributed by atoms with Crippen molar-refractivity contribution in [2.75, 3.05) is 26.3 Å². The van der Waals surface area contributed by atoms with E-state index in [1.165, 1.54) is 0 Å². The third kappa shape index (κ3) is 7.47. The molecule has 3 aromatic rings. The molecule has 1 fully saturated rings. The molecule has 1 atom stereocenters. The fraction of sp³-hybridized carbons (Fsp3) is 0.273. The van der Waals surface area contributed by atoms with Crippen LogP contribution in [0.4, 0.5) is 10.3 Å². The molecule has 0 amide bonds. The molecule has 0 saturated carbocycles. The van der Waals surface area contributed by atoms with Crippen molar-refractivity contribution < 1.29 is 32.9 Å². The van der Waals surface area contributed by atoms with Crippen LogP contribution in [0.1, 0.15) is 24.1 Å². The number of rotatable bonds is 4. The molecular weight excluding hydrogens is 466 g/mol. The minimum Gasteiger partial charge on any atom is -0.378 e. The Morgan fingerprint density at radius 2 is 1.79 bits per heavy atom. The molecule has 5 N–H and O–H groups in total. The lowest BCUT2D eigenvalue weighted by molar-refractivity contribution is 0.0675. The third-order valence-corrected chi connectivity index (χ3v) is 5.10. The highest BCUT2D eigenvalue weighted by Gasteiger charge is 2.18. The van der Waals surface area contributed by atoms with Gasteiger partial charge in [0, 0.05) is 30.6 Å².